The summed E-state index contributed by atoms with van der Waals surface area (Å²) in [5.41, 5.74) is 2.71. The van der Waals surface area contributed by atoms with Gasteiger partial charge in [0.05, 0.1) is 20.9 Å². The van der Waals surface area contributed by atoms with E-state index >= 15 is 0 Å². The van der Waals surface area contributed by atoms with E-state index < -0.39 is 0 Å². The summed E-state index contributed by atoms with van der Waals surface area (Å²) in [5.74, 6) is 0.722. The quantitative estimate of drug-likeness (QED) is 0.697. The number of para-hydroxylation sites is 1. The van der Waals surface area contributed by atoms with Crippen molar-refractivity contribution in [3.63, 3.8) is 0 Å². The van der Waals surface area contributed by atoms with Gasteiger partial charge in [-0.1, -0.05) is 26.0 Å². The average molecular weight is 369 g/mol. The standard InChI is InChI=1S/C20H24N4OS/c1-13(2)16-11-17(23(3)22-16)20(25)24-10-6-7-14(12-24)19-21-15-8-4-5-9-18(15)26-19/h4-5,8-9,11,13-14H,6-7,10,12H2,1-3H3. The molecule has 1 aromatic carbocycles. The Labute approximate surface area is 157 Å². The number of carbonyl (C=O) groups is 1. The number of likely N-dealkylation sites (tertiary alicyclic amines) is 1. The van der Waals surface area contributed by atoms with Crippen molar-refractivity contribution in [1.29, 1.82) is 0 Å². The zero-order valence-electron chi connectivity index (χ0n) is 15.5. The lowest BCUT2D eigenvalue weighted by Gasteiger charge is -2.31. The van der Waals surface area contributed by atoms with Gasteiger partial charge in [-0.05, 0) is 37.0 Å². The van der Waals surface area contributed by atoms with Crippen molar-refractivity contribution in [1.82, 2.24) is 19.7 Å². The fraction of sp³-hybridized carbons (Fsp3) is 0.450. The zero-order chi connectivity index (χ0) is 18.3. The molecule has 6 heteroatoms. The molecule has 1 atom stereocenters. The van der Waals surface area contributed by atoms with Gasteiger partial charge in [-0.25, -0.2) is 4.98 Å². The van der Waals surface area contributed by atoms with Crippen molar-refractivity contribution >= 4 is 27.5 Å². The number of fused-ring (bicyclic) bond motifs is 1. The van der Waals surface area contributed by atoms with E-state index in [9.17, 15) is 4.79 Å². The molecule has 0 aliphatic carbocycles. The molecule has 136 valence electrons. The van der Waals surface area contributed by atoms with Crippen LogP contribution in [0.4, 0.5) is 0 Å². The molecular weight excluding hydrogens is 344 g/mol. The van der Waals surface area contributed by atoms with Crippen LogP contribution in [0.5, 0.6) is 0 Å². The number of thiazole rings is 1. The van der Waals surface area contributed by atoms with Gasteiger partial charge in [-0.3, -0.25) is 9.48 Å². The van der Waals surface area contributed by atoms with Crippen LogP contribution < -0.4 is 0 Å². The minimum atomic E-state index is 0.0812. The van der Waals surface area contributed by atoms with Crippen LogP contribution >= 0.6 is 11.3 Å². The van der Waals surface area contributed by atoms with Gasteiger partial charge in [0, 0.05) is 26.1 Å². The summed E-state index contributed by atoms with van der Waals surface area (Å²) >= 11 is 1.76. The summed E-state index contributed by atoms with van der Waals surface area (Å²) in [6, 6.07) is 10.2. The van der Waals surface area contributed by atoms with E-state index in [1.165, 1.54) is 4.70 Å². The first kappa shape index (κ1) is 17.2. The van der Waals surface area contributed by atoms with E-state index in [1.807, 2.05) is 24.1 Å². The molecule has 3 heterocycles. The molecule has 4 rings (SSSR count). The lowest BCUT2D eigenvalue weighted by atomic mass is 9.98. The van der Waals surface area contributed by atoms with Gasteiger partial charge in [-0.2, -0.15) is 5.10 Å². The molecule has 0 N–H and O–H groups in total. The van der Waals surface area contributed by atoms with Crippen LogP contribution in [0.25, 0.3) is 10.2 Å². The van der Waals surface area contributed by atoms with E-state index in [1.54, 1.807) is 16.0 Å². The van der Waals surface area contributed by atoms with Crippen molar-refractivity contribution in [2.75, 3.05) is 13.1 Å². The number of benzene rings is 1. The van der Waals surface area contributed by atoms with Crippen molar-refractivity contribution < 1.29 is 4.79 Å². The van der Waals surface area contributed by atoms with E-state index in [-0.39, 0.29) is 5.91 Å². The topological polar surface area (TPSA) is 51.0 Å². The molecule has 1 aliphatic heterocycles. The molecule has 0 spiro atoms. The molecule has 1 fully saturated rings. The predicted octanol–water partition coefficient (Wildman–Crippen LogP) is 4.17. The molecule has 0 saturated carbocycles. The lowest BCUT2D eigenvalue weighted by Crippen LogP contribution is -2.39. The highest BCUT2D eigenvalue weighted by Crippen LogP contribution is 2.33. The number of hydrogen-bond acceptors (Lipinski definition) is 4. The first-order valence-corrected chi connectivity index (χ1v) is 10.0. The maximum Gasteiger partial charge on any atom is 0.272 e. The van der Waals surface area contributed by atoms with Crippen molar-refractivity contribution in [2.45, 2.75) is 38.5 Å². The van der Waals surface area contributed by atoms with Crippen LogP contribution in [0.1, 0.15) is 59.7 Å². The Morgan fingerprint density at radius 3 is 2.85 bits per heavy atom. The first-order chi connectivity index (χ1) is 12.5. The zero-order valence-corrected chi connectivity index (χ0v) is 16.3. The maximum absolute atomic E-state index is 13.1. The third-order valence-corrected chi connectivity index (χ3v) is 6.28. The van der Waals surface area contributed by atoms with Gasteiger partial charge >= 0.3 is 0 Å². The van der Waals surface area contributed by atoms with E-state index in [2.05, 4.69) is 37.1 Å². The molecule has 0 bridgehead atoms. The Hall–Kier alpha value is -2.21. The highest BCUT2D eigenvalue weighted by Gasteiger charge is 2.29. The third kappa shape index (κ3) is 3.14. The largest absolute Gasteiger partial charge is 0.337 e. The van der Waals surface area contributed by atoms with Gasteiger partial charge < -0.3 is 4.90 Å². The fourth-order valence-corrected chi connectivity index (χ4v) is 4.65. The van der Waals surface area contributed by atoms with E-state index in [0.29, 0.717) is 17.5 Å². The minimum absolute atomic E-state index is 0.0812. The number of nitrogens with zero attached hydrogens (tertiary/aromatic N) is 4. The van der Waals surface area contributed by atoms with Crippen molar-refractivity contribution in [3.8, 4) is 0 Å². The van der Waals surface area contributed by atoms with Gasteiger partial charge in [0.2, 0.25) is 0 Å². The van der Waals surface area contributed by atoms with Crippen molar-refractivity contribution in [2.24, 2.45) is 7.05 Å². The summed E-state index contributed by atoms with van der Waals surface area (Å²) in [4.78, 5) is 19.8. The molecule has 5 nitrogen and oxygen atoms in total. The predicted molar refractivity (Wildman–Crippen MR) is 105 cm³/mol. The highest BCUT2D eigenvalue weighted by molar-refractivity contribution is 7.18. The fourth-order valence-electron chi connectivity index (χ4n) is 3.56. The SMILES string of the molecule is CC(C)c1cc(C(=O)N2CCCC(c3nc4ccccc4s3)C2)n(C)n1. The Balaban J connectivity index is 1.55. The Bertz CT molecular complexity index is 909. The van der Waals surface area contributed by atoms with Crippen LogP contribution in [0.2, 0.25) is 0 Å². The number of aryl methyl sites for hydroxylation is 1. The normalized spacial score (nSPS) is 18.0. The Kier molecular flexibility index (Phi) is 4.53. The number of hydrogen-bond donors (Lipinski definition) is 0. The second-order valence-electron chi connectivity index (χ2n) is 7.34. The van der Waals surface area contributed by atoms with E-state index in [4.69, 9.17) is 4.98 Å². The molecule has 3 aromatic rings. The lowest BCUT2D eigenvalue weighted by molar-refractivity contribution is 0.0696. The third-order valence-electron chi connectivity index (χ3n) is 5.08. The Morgan fingerprint density at radius 2 is 2.12 bits per heavy atom. The van der Waals surface area contributed by atoms with Gasteiger partial charge in [0.1, 0.15) is 5.69 Å². The molecule has 1 aliphatic rings. The molecule has 1 unspecified atom stereocenters. The first-order valence-electron chi connectivity index (χ1n) is 9.21. The van der Waals surface area contributed by atoms with Crippen LogP contribution in [0.15, 0.2) is 30.3 Å². The smallest absolute Gasteiger partial charge is 0.272 e. The number of amides is 1. The summed E-state index contributed by atoms with van der Waals surface area (Å²) in [5, 5.41) is 5.64. The molecule has 2 aromatic heterocycles. The summed E-state index contributed by atoms with van der Waals surface area (Å²) < 4.78 is 2.94. The maximum atomic E-state index is 13.1. The van der Waals surface area contributed by atoms with Crippen LogP contribution in [-0.2, 0) is 7.05 Å². The summed E-state index contributed by atoms with van der Waals surface area (Å²) in [7, 11) is 1.86. The summed E-state index contributed by atoms with van der Waals surface area (Å²) in [6.45, 7) is 5.74. The van der Waals surface area contributed by atoms with Crippen LogP contribution in [0.3, 0.4) is 0 Å². The molecule has 1 saturated heterocycles. The van der Waals surface area contributed by atoms with Crippen LogP contribution in [-0.4, -0.2) is 38.7 Å². The number of piperidine rings is 1. The second kappa shape index (κ2) is 6.83. The molecule has 1 amide bonds. The van der Waals surface area contributed by atoms with Crippen molar-refractivity contribution in [3.05, 3.63) is 46.7 Å². The number of rotatable bonds is 3. The van der Waals surface area contributed by atoms with Crippen LogP contribution in [0, 0.1) is 0 Å². The van der Waals surface area contributed by atoms with E-state index in [0.717, 1.165) is 42.1 Å². The van der Waals surface area contributed by atoms with Gasteiger partial charge in [0.25, 0.3) is 5.91 Å². The van der Waals surface area contributed by atoms with Gasteiger partial charge in [-0.15, -0.1) is 11.3 Å². The summed E-state index contributed by atoms with van der Waals surface area (Å²) in [6.07, 6.45) is 2.10. The number of aromatic nitrogens is 3. The molecule has 0 radical (unpaired) electrons. The number of carbonyl (C=O) groups excluding carboxylic acids is 1. The average Bonchev–Trinajstić information content (AvgIpc) is 3.25. The minimum Gasteiger partial charge on any atom is -0.337 e. The Morgan fingerprint density at radius 1 is 1.31 bits per heavy atom. The monoisotopic (exact) mass is 368 g/mol. The molecular formula is C20H24N4OS. The highest BCUT2D eigenvalue weighted by atomic mass is 32.1. The molecule has 26 heavy (non-hydrogen) atoms. The second-order valence-corrected chi connectivity index (χ2v) is 8.41. The van der Waals surface area contributed by atoms with Gasteiger partial charge in [0.15, 0.2) is 0 Å².